The van der Waals surface area contributed by atoms with Gasteiger partial charge in [-0.2, -0.15) is 0 Å². The van der Waals surface area contributed by atoms with Crippen LogP contribution in [-0.4, -0.2) is 12.1 Å². The second-order valence-electron chi connectivity index (χ2n) is 2.58. The van der Waals surface area contributed by atoms with E-state index in [1.807, 2.05) is 13.8 Å². The molecule has 2 nitrogen and oxygen atoms in total. The number of nitrogens with zero attached hydrogens (tertiary/aromatic N) is 1. The number of hydrogen-bond donors (Lipinski definition) is 0. The summed E-state index contributed by atoms with van der Waals surface area (Å²) in [6.45, 7) is 6.11. The zero-order chi connectivity index (χ0) is 9.56. The van der Waals surface area contributed by atoms with Gasteiger partial charge in [-0.1, -0.05) is 0 Å². The number of rotatable bonds is 0. The molecule has 0 aliphatic heterocycles. The third-order valence-electron chi connectivity index (χ3n) is 1.23. The minimum atomic E-state index is 0. The van der Waals surface area contributed by atoms with Crippen LogP contribution in [0.25, 0.3) is 0 Å². The summed E-state index contributed by atoms with van der Waals surface area (Å²) in [5.74, 6) is 0. The van der Waals surface area contributed by atoms with Crippen molar-refractivity contribution in [1.29, 1.82) is 0 Å². The Morgan fingerprint density at radius 2 is 1.46 bits per heavy atom. The smallest absolute Gasteiger partial charge is 0.283 e. The van der Waals surface area contributed by atoms with Crippen LogP contribution < -0.4 is 0 Å². The van der Waals surface area contributed by atoms with E-state index in [1.54, 1.807) is 0 Å². The Bertz CT molecular complexity index is 193. The summed E-state index contributed by atoms with van der Waals surface area (Å²) in [6, 6.07) is 4.15. The van der Waals surface area contributed by atoms with Crippen LogP contribution in [0.1, 0.15) is 17.0 Å². The number of halogens is 1. The SMILES string of the molecule is COCl.Cc1cc(C)nc(C)c1.[Cu+]. The topological polar surface area (TPSA) is 22.1 Å². The van der Waals surface area contributed by atoms with Gasteiger partial charge >= 0.3 is 17.1 Å². The van der Waals surface area contributed by atoms with Crippen LogP contribution in [0, 0.1) is 20.8 Å². The molecule has 0 aliphatic rings. The fourth-order valence-corrected chi connectivity index (χ4v) is 1.04. The van der Waals surface area contributed by atoms with Gasteiger partial charge in [0.15, 0.2) is 0 Å². The van der Waals surface area contributed by atoms with Gasteiger partial charge in [-0.15, -0.1) is 0 Å². The Balaban J connectivity index is 0. The first-order chi connectivity index (χ1) is 5.60. The van der Waals surface area contributed by atoms with Gasteiger partial charge in [-0.05, 0) is 38.5 Å². The maximum atomic E-state index is 4.50. The maximum absolute atomic E-state index is 4.50. The third kappa shape index (κ3) is 8.26. The van der Waals surface area contributed by atoms with Crippen LogP contribution in [-0.2, 0) is 21.4 Å². The second-order valence-corrected chi connectivity index (χ2v) is 2.89. The Morgan fingerprint density at radius 3 is 1.69 bits per heavy atom. The summed E-state index contributed by atoms with van der Waals surface area (Å²) in [7, 11) is 1.39. The van der Waals surface area contributed by atoms with Gasteiger partial charge in [0.2, 0.25) is 0 Å². The van der Waals surface area contributed by atoms with Crippen molar-refractivity contribution < 1.29 is 21.4 Å². The molecule has 0 bridgehead atoms. The van der Waals surface area contributed by atoms with Crippen molar-refractivity contribution in [3.05, 3.63) is 29.1 Å². The van der Waals surface area contributed by atoms with E-state index in [0.29, 0.717) is 0 Å². The van der Waals surface area contributed by atoms with Gasteiger partial charge in [0.1, 0.15) is 0 Å². The molecule has 0 amide bonds. The van der Waals surface area contributed by atoms with Gasteiger partial charge < -0.3 is 0 Å². The number of aryl methyl sites for hydroxylation is 3. The molecule has 78 valence electrons. The Labute approximate surface area is 95.3 Å². The fraction of sp³-hybridized carbons (Fsp3) is 0.444. The molecule has 0 atom stereocenters. The van der Waals surface area contributed by atoms with Gasteiger partial charge in [-0.3, -0.25) is 9.27 Å². The second kappa shape index (κ2) is 8.51. The van der Waals surface area contributed by atoms with Gasteiger partial charge in [-0.25, -0.2) is 0 Å². The zero-order valence-electron chi connectivity index (χ0n) is 8.19. The van der Waals surface area contributed by atoms with Crippen LogP contribution in [0.3, 0.4) is 0 Å². The average Bonchev–Trinajstić information content (AvgIpc) is 1.84. The summed E-state index contributed by atoms with van der Waals surface area (Å²) in [4.78, 5) is 4.23. The molecular weight excluding hydrogens is 237 g/mol. The molecule has 0 spiro atoms. The minimum Gasteiger partial charge on any atom is -0.283 e. The molecule has 0 aliphatic carbocycles. The Hall–Kier alpha value is -0.0805. The number of hydrogen-bond acceptors (Lipinski definition) is 2. The molecule has 0 saturated carbocycles. The number of aromatic nitrogens is 1. The van der Waals surface area contributed by atoms with Crippen molar-refractivity contribution in [1.82, 2.24) is 4.98 Å². The van der Waals surface area contributed by atoms with Crippen LogP contribution in [0.5, 0.6) is 0 Å². The van der Waals surface area contributed by atoms with E-state index in [2.05, 4.69) is 40.2 Å². The molecule has 0 aromatic carbocycles. The number of pyridine rings is 1. The Morgan fingerprint density at radius 1 is 1.15 bits per heavy atom. The van der Waals surface area contributed by atoms with Crippen LogP contribution >= 0.6 is 11.9 Å². The molecule has 1 aromatic heterocycles. The summed E-state index contributed by atoms with van der Waals surface area (Å²) in [5.41, 5.74) is 3.50. The average molecular weight is 251 g/mol. The first kappa shape index (κ1) is 15.4. The van der Waals surface area contributed by atoms with E-state index in [9.17, 15) is 0 Å². The fourth-order valence-electron chi connectivity index (χ4n) is 1.04. The summed E-state index contributed by atoms with van der Waals surface area (Å²) < 4.78 is 3.72. The first-order valence-electron chi connectivity index (χ1n) is 3.66. The van der Waals surface area contributed by atoms with Crippen LogP contribution in [0.15, 0.2) is 12.1 Å². The van der Waals surface area contributed by atoms with Crippen molar-refractivity contribution in [3.63, 3.8) is 0 Å². The van der Waals surface area contributed by atoms with Crippen molar-refractivity contribution in [3.8, 4) is 0 Å². The quantitative estimate of drug-likeness (QED) is 0.661. The van der Waals surface area contributed by atoms with Crippen molar-refractivity contribution in [2.24, 2.45) is 0 Å². The minimum absolute atomic E-state index is 0. The molecule has 0 N–H and O–H groups in total. The van der Waals surface area contributed by atoms with E-state index in [0.717, 1.165) is 11.4 Å². The van der Waals surface area contributed by atoms with Gasteiger partial charge in [0, 0.05) is 11.4 Å². The molecule has 1 heterocycles. The van der Waals surface area contributed by atoms with E-state index >= 15 is 0 Å². The van der Waals surface area contributed by atoms with E-state index in [-0.39, 0.29) is 17.1 Å². The predicted molar refractivity (Wildman–Crippen MR) is 51.3 cm³/mol. The third-order valence-corrected chi connectivity index (χ3v) is 1.23. The normalized spacial score (nSPS) is 8.08. The molecule has 1 rings (SSSR count). The molecule has 0 radical (unpaired) electrons. The maximum Gasteiger partial charge on any atom is 1.00 e. The summed E-state index contributed by atoms with van der Waals surface area (Å²) in [5, 5.41) is 0. The summed E-state index contributed by atoms with van der Waals surface area (Å²) >= 11 is 4.50. The molecule has 1 aromatic rings. The molecule has 13 heavy (non-hydrogen) atoms. The standard InChI is InChI=1S/C8H11N.CH3ClO.Cu/c1-6-4-7(2)9-8(3)5-6;1-3-2;/h4-5H,1-3H3;1H3;/q;;+1. The summed E-state index contributed by atoms with van der Waals surface area (Å²) in [6.07, 6.45) is 0. The van der Waals surface area contributed by atoms with Gasteiger partial charge in [0.25, 0.3) is 0 Å². The molecular formula is C9H14ClCuNO+. The van der Waals surface area contributed by atoms with E-state index in [1.165, 1.54) is 12.7 Å². The molecule has 0 saturated heterocycles. The van der Waals surface area contributed by atoms with Crippen molar-refractivity contribution in [2.75, 3.05) is 7.11 Å². The monoisotopic (exact) mass is 250 g/mol. The molecule has 0 fully saturated rings. The predicted octanol–water partition coefficient (Wildman–Crippen LogP) is 2.79. The molecule has 0 unspecified atom stereocenters. The van der Waals surface area contributed by atoms with E-state index < -0.39 is 0 Å². The van der Waals surface area contributed by atoms with E-state index in [4.69, 9.17) is 0 Å². The Kier molecular flexibility index (Phi) is 10.1. The largest absolute Gasteiger partial charge is 1.00 e. The van der Waals surface area contributed by atoms with Gasteiger partial charge in [0.05, 0.1) is 19.0 Å². The zero-order valence-corrected chi connectivity index (χ0v) is 9.89. The van der Waals surface area contributed by atoms with Crippen molar-refractivity contribution >= 4 is 11.9 Å². The first-order valence-corrected chi connectivity index (χ1v) is 3.97. The van der Waals surface area contributed by atoms with Crippen LogP contribution in [0.2, 0.25) is 0 Å². The molecule has 4 heteroatoms. The van der Waals surface area contributed by atoms with Crippen molar-refractivity contribution in [2.45, 2.75) is 20.8 Å². The van der Waals surface area contributed by atoms with Crippen LogP contribution in [0.4, 0.5) is 0 Å².